The Morgan fingerprint density at radius 1 is 1.20 bits per heavy atom. The molecule has 1 aromatic heterocycles. The van der Waals surface area contributed by atoms with Gasteiger partial charge in [-0.05, 0) is 60.5 Å². The van der Waals surface area contributed by atoms with E-state index in [1.165, 1.54) is 25.4 Å². The topological polar surface area (TPSA) is 84.1 Å². The zero-order valence-electron chi connectivity index (χ0n) is 23.0. The summed E-state index contributed by atoms with van der Waals surface area (Å²) in [5.74, 6) is 0.514. The molecule has 0 saturated carbocycles. The molecule has 2 rings (SSSR count). The van der Waals surface area contributed by atoms with Gasteiger partial charge in [0.1, 0.15) is 11.7 Å². The van der Waals surface area contributed by atoms with Gasteiger partial charge in [-0.15, -0.1) is 0 Å². The molecule has 4 atom stereocenters. The zero-order valence-corrected chi connectivity index (χ0v) is 23.0. The number of methoxy groups -OCH3 is 2. The lowest BCUT2D eigenvalue weighted by Gasteiger charge is -2.21. The van der Waals surface area contributed by atoms with Gasteiger partial charge in [-0.3, -0.25) is 4.79 Å². The third kappa shape index (κ3) is 6.77. The van der Waals surface area contributed by atoms with Crippen molar-refractivity contribution >= 4 is 0 Å². The molecular weight excluding hydrogens is 442 g/mol. The Hall–Kier alpha value is -2.57. The van der Waals surface area contributed by atoms with Crippen LogP contribution in [0.15, 0.2) is 51.4 Å². The summed E-state index contributed by atoms with van der Waals surface area (Å²) < 4.78 is 16.3. The summed E-state index contributed by atoms with van der Waals surface area (Å²) in [4.78, 5) is 15.7. The van der Waals surface area contributed by atoms with E-state index in [-0.39, 0.29) is 23.2 Å². The number of aliphatic hydroxyl groups excluding tert-OH is 1. The minimum absolute atomic E-state index is 0.00651. The summed E-state index contributed by atoms with van der Waals surface area (Å²) in [5.41, 5.74) is 5.47. The quantitative estimate of drug-likeness (QED) is 0.242. The first kappa shape index (κ1) is 28.7. The zero-order chi connectivity index (χ0) is 26.5. The molecule has 35 heavy (non-hydrogen) atoms. The van der Waals surface area contributed by atoms with Gasteiger partial charge in [0.15, 0.2) is 0 Å². The highest BCUT2D eigenvalue weighted by Crippen LogP contribution is 2.45. The summed E-state index contributed by atoms with van der Waals surface area (Å²) in [6.07, 6.45) is 9.29. The average molecular weight is 486 g/mol. The molecule has 0 aliphatic carbocycles. The van der Waals surface area contributed by atoms with Crippen LogP contribution in [0.25, 0.3) is 0 Å². The Bertz CT molecular complexity index is 1090. The van der Waals surface area contributed by atoms with Crippen molar-refractivity contribution in [3.05, 3.63) is 68.1 Å². The Kier molecular flexibility index (Phi) is 9.76. The van der Waals surface area contributed by atoms with Crippen molar-refractivity contribution in [1.82, 2.24) is 4.98 Å². The molecule has 6 nitrogen and oxygen atoms in total. The van der Waals surface area contributed by atoms with Crippen LogP contribution in [0, 0.1) is 12.8 Å². The molecule has 1 aliphatic rings. The van der Waals surface area contributed by atoms with Crippen LogP contribution in [0.1, 0.15) is 66.1 Å². The maximum Gasteiger partial charge on any atom is 0.238 e. The first-order chi connectivity index (χ1) is 16.4. The molecule has 1 aliphatic heterocycles. The summed E-state index contributed by atoms with van der Waals surface area (Å²) in [6, 6.07) is 0. The van der Waals surface area contributed by atoms with Crippen LogP contribution in [0.5, 0.6) is 11.6 Å². The van der Waals surface area contributed by atoms with Gasteiger partial charge < -0.3 is 24.3 Å². The second kappa shape index (κ2) is 11.9. The lowest BCUT2D eigenvalue weighted by molar-refractivity contribution is 0.0564. The molecular formula is C29H43NO5. The van der Waals surface area contributed by atoms with E-state index < -0.39 is 11.7 Å². The Balaban J connectivity index is 2.05. The molecule has 194 valence electrons. The molecule has 1 aromatic rings. The predicted octanol–water partition coefficient (Wildman–Crippen LogP) is 5.59. The lowest BCUT2D eigenvalue weighted by atomic mass is 9.87. The van der Waals surface area contributed by atoms with Crippen molar-refractivity contribution in [3.8, 4) is 11.6 Å². The number of aliphatic hydroxyl groups is 1. The van der Waals surface area contributed by atoms with Gasteiger partial charge in [0, 0.05) is 23.6 Å². The number of hydrogen-bond donors (Lipinski definition) is 2. The minimum Gasteiger partial charge on any atom is -0.488 e. The van der Waals surface area contributed by atoms with Crippen LogP contribution in [0.4, 0.5) is 0 Å². The smallest absolute Gasteiger partial charge is 0.238 e. The van der Waals surface area contributed by atoms with E-state index >= 15 is 0 Å². The Labute approximate surface area is 210 Å². The molecule has 6 heteroatoms. The van der Waals surface area contributed by atoms with E-state index in [4.69, 9.17) is 14.2 Å². The molecule has 2 N–H and O–H groups in total. The van der Waals surface area contributed by atoms with Gasteiger partial charge >= 0.3 is 0 Å². The number of hydrogen-bond acceptors (Lipinski definition) is 5. The van der Waals surface area contributed by atoms with Crippen LogP contribution in [-0.2, 0) is 11.2 Å². The number of nitrogens with one attached hydrogen (secondary N) is 1. The first-order valence-electron chi connectivity index (χ1n) is 12.2. The average Bonchev–Trinajstić information content (AvgIpc) is 3.51. The second-order valence-electron chi connectivity index (χ2n) is 9.98. The molecule has 1 saturated heterocycles. The molecule has 2 heterocycles. The number of epoxide rings is 1. The lowest BCUT2D eigenvalue weighted by Crippen LogP contribution is -2.34. The number of H-pyrrole nitrogens is 1. The maximum atomic E-state index is 12.5. The van der Waals surface area contributed by atoms with Crippen molar-refractivity contribution in [1.29, 1.82) is 0 Å². The number of pyridine rings is 1. The van der Waals surface area contributed by atoms with Crippen molar-refractivity contribution < 1.29 is 19.3 Å². The molecule has 0 bridgehead atoms. The molecule has 0 radical (unpaired) electrons. The van der Waals surface area contributed by atoms with Crippen molar-refractivity contribution in [2.24, 2.45) is 5.92 Å². The number of aromatic amines is 1. The predicted molar refractivity (Wildman–Crippen MR) is 142 cm³/mol. The van der Waals surface area contributed by atoms with Crippen LogP contribution in [0.2, 0.25) is 0 Å². The highest BCUT2D eigenvalue weighted by atomic mass is 16.6. The van der Waals surface area contributed by atoms with Gasteiger partial charge in [-0.2, -0.15) is 0 Å². The van der Waals surface area contributed by atoms with Crippen molar-refractivity contribution in [2.75, 3.05) is 14.2 Å². The van der Waals surface area contributed by atoms with E-state index in [0.29, 0.717) is 17.9 Å². The molecule has 0 aromatic carbocycles. The SMILES string of the molecule is CC=C(C)C1OC1(C)C(O)C(C)C=C(C)C=C(C)CC(C)=CCc1[nH]c(OC)c(OC)c(=O)c1C. The minimum atomic E-state index is -0.570. The number of ether oxygens (including phenoxy) is 3. The number of aromatic nitrogens is 1. The van der Waals surface area contributed by atoms with Crippen LogP contribution in [-0.4, -0.2) is 42.1 Å². The normalized spacial score (nSPS) is 23.2. The van der Waals surface area contributed by atoms with Gasteiger partial charge in [-0.1, -0.05) is 47.9 Å². The number of rotatable bonds is 11. The monoisotopic (exact) mass is 485 g/mol. The summed E-state index contributed by atoms with van der Waals surface area (Å²) in [6.45, 7) is 16.1. The summed E-state index contributed by atoms with van der Waals surface area (Å²) in [5, 5.41) is 10.9. The van der Waals surface area contributed by atoms with Crippen molar-refractivity contribution in [2.45, 2.75) is 86.0 Å². The fourth-order valence-corrected chi connectivity index (χ4v) is 4.68. The van der Waals surface area contributed by atoms with Gasteiger partial charge in [0.05, 0.1) is 20.3 Å². The fraction of sp³-hybridized carbons (Fsp3) is 0.552. The largest absolute Gasteiger partial charge is 0.488 e. The van der Waals surface area contributed by atoms with E-state index in [1.807, 2.05) is 33.8 Å². The summed E-state index contributed by atoms with van der Waals surface area (Å²) >= 11 is 0. The third-order valence-corrected chi connectivity index (χ3v) is 6.88. The Morgan fingerprint density at radius 3 is 2.43 bits per heavy atom. The standard InChI is InChI=1S/C29H43NO5/c1-11-20(5)27-29(8,35-27)26(32)21(6)16-19(4)15-18(3)14-17(2)12-13-23-22(7)24(31)25(33-9)28(30-23)34-10/h11-12,15-16,21,26-27,32H,13-14H2,1-10H3,(H,30,31). The molecule has 1 fully saturated rings. The molecule has 0 spiro atoms. The molecule has 0 amide bonds. The van der Waals surface area contributed by atoms with Crippen LogP contribution < -0.4 is 14.9 Å². The third-order valence-electron chi connectivity index (χ3n) is 6.88. The molecule has 4 unspecified atom stereocenters. The maximum absolute atomic E-state index is 12.5. The summed E-state index contributed by atoms with van der Waals surface area (Å²) in [7, 11) is 2.97. The van der Waals surface area contributed by atoms with E-state index in [9.17, 15) is 9.90 Å². The van der Waals surface area contributed by atoms with Crippen LogP contribution >= 0.6 is 0 Å². The second-order valence-corrected chi connectivity index (χ2v) is 9.98. The highest BCUT2D eigenvalue weighted by molar-refractivity contribution is 5.40. The van der Waals surface area contributed by atoms with Gasteiger partial charge in [0.2, 0.25) is 17.1 Å². The van der Waals surface area contributed by atoms with Crippen LogP contribution in [0.3, 0.4) is 0 Å². The highest BCUT2D eigenvalue weighted by Gasteiger charge is 2.58. The van der Waals surface area contributed by atoms with E-state index in [0.717, 1.165) is 23.3 Å². The first-order valence-corrected chi connectivity index (χ1v) is 12.2. The number of allylic oxidation sites excluding steroid dienone is 6. The van der Waals surface area contributed by atoms with Crippen molar-refractivity contribution in [3.63, 3.8) is 0 Å². The Morgan fingerprint density at radius 2 is 1.86 bits per heavy atom. The van der Waals surface area contributed by atoms with E-state index in [2.05, 4.69) is 44.0 Å². The van der Waals surface area contributed by atoms with E-state index in [1.54, 1.807) is 6.92 Å². The van der Waals surface area contributed by atoms with Gasteiger partial charge in [-0.25, -0.2) is 0 Å². The fourth-order valence-electron chi connectivity index (χ4n) is 4.68. The van der Waals surface area contributed by atoms with Gasteiger partial charge in [0.25, 0.3) is 0 Å².